The minimum absolute atomic E-state index is 0.0787. The summed E-state index contributed by atoms with van der Waals surface area (Å²) in [4.78, 5) is 19.7. The second-order valence-electron chi connectivity index (χ2n) is 7.20. The van der Waals surface area contributed by atoms with Gasteiger partial charge in [-0.3, -0.25) is 9.69 Å². The summed E-state index contributed by atoms with van der Waals surface area (Å²) in [5.74, 6) is 3.17. The van der Waals surface area contributed by atoms with Crippen LogP contribution in [0.5, 0.6) is 17.2 Å². The molecule has 4 rings (SSSR count). The summed E-state index contributed by atoms with van der Waals surface area (Å²) in [5, 5.41) is 0.738. The highest BCUT2D eigenvalue weighted by molar-refractivity contribution is 8.14. The zero-order valence-electron chi connectivity index (χ0n) is 17.3. The summed E-state index contributed by atoms with van der Waals surface area (Å²) in [6.07, 6.45) is 1.06. The number of carbonyl (C=O) groups excluding carboxylic acids is 1. The van der Waals surface area contributed by atoms with Crippen LogP contribution in [0.15, 0.2) is 47.5 Å². The van der Waals surface area contributed by atoms with E-state index in [-0.39, 0.29) is 11.9 Å². The third-order valence-corrected chi connectivity index (χ3v) is 6.18. The predicted molar refractivity (Wildman–Crippen MR) is 119 cm³/mol. The molecule has 2 aromatic carbocycles. The third-order valence-electron chi connectivity index (χ3n) is 4.98. The van der Waals surface area contributed by atoms with Gasteiger partial charge in [-0.2, -0.15) is 0 Å². The quantitative estimate of drug-likeness (QED) is 0.683. The number of thioether (sulfide) groups is 1. The number of rotatable bonds is 6. The van der Waals surface area contributed by atoms with Crippen LogP contribution in [-0.2, 0) is 11.2 Å². The van der Waals surface area contributed by atoms with Crippen molar-refractivity contribution < 1.29 is 19.0 Å². The van der Waals surface area contributed by atoms with Crippen LogP contribution in [-0.4, -0.2) is 47.6 Å². The predicted octanol–water partition coefficient (Wildman–Crippen LogP) is 4.44. The first kappa shape index (κ1) is 20.6. The van der Waals surface area contributed by atoms with Crippen molar-refractivity contribution in [3.63, 3.8) is 0 Å². The smallest absolute Gasteiger partial charge is 0.229 e. The minimum atomic E-state index is 0.0787. The average molecular weight is 427 g/mol. The maximum absolute atomic E-state index is 13.1. The van der Waals surface area contributed by atoms with Crippen LogP contribution in [0.1, 0.15) is 25.8 Å². The number of carbonyl (C=O) groups is 1. The zero-order valence-corrected chi connectivity index (χ0v) is 18.1. The summed E-state index contributed by atoms with van der Waals surface area (Å²) in [7, 11) is 0. The fourth-order valence-corrected chi connectivity index (χ4v) is 4.63. The number of amides is 1. The van der Waals surface area contributed by atoms with Gasteiger partial charge in [0.15, 0.2) is 16.7 Å². The van der Waals surface area contributed by atoms with E-state index >= 15 is 0 Å². The van der Waals surface area contributed by atoms with Crippen LogP contribution < -0.4 is 14.2 Å². The molecule has 2 aliphatic rings. The number of fused-ring (bicyclic) bond motifs is 1. The Bertz CT molecular complexity index is 947. The topological polar surface area (TPSA) is 60.4 Å². The van der Waals surface area contributed by atoms with Crippen molar-refractivity contribution in [2.24, 2.45) is 4.99 Å². The van der Waals surface area contributed by atoms with E-state index in [1.54, 1.807) is 11.8 Å². The molecule has 0 aromatic heterocycles. The Kier molecular flexibility index (Phi) is 6.47. The van der Waals surface area contributed by atoms with Gasteiger partial charge in [0.2, 0.25) is 5.91 Å². The van der Waals surface area contributed by atoms with E-state index in [1.165, 1.54) is 0 Å². The van der Waals surface area contributed by atoms with Gasteiger partial charge in [0.05, 0.1) is 6.61 Å². The number of aliphatic imine (C=N–C) groups is 1. The van der Waals surface area contributed by atoms with Crippen molar-refractivity contribution in [1.29, 1.82) is 0 Å². The summed E-state index contributed by atoms with van der Waals surface area (Å²) in [6.45, 7) is 5.71. The van der Waals surface area contributed by atoms with Gasteiger partial charge in [-0.1, -0.05) is 30.0 Å². The van der Waals surface area contributed by atoms with Gasteiger partial charge in [0, 0.05) is 18.2 Å². The van der Waals surface area contributed by atoms with E-state index in [1.807, 2.05) is 54.3 Å². The molecule has 0 N–H and O–H groups in total. The van der Waals surface area contributed by atoms with Crippen LogP contribution in [0.2, 0.25) is 0 Å². The van der Waals surface area contributed by atoms with Gasteiger partial charge in [-0.15, -0.1) is 0 Å². The largest absolute Gasteiger partial charge is 0.492 e. The number of aryl methyl sites for hydroxylation is 1. The standard InChI is InChI=1S/C23H26N2O4S/c1-3-27-19-7-5-4-6-18(19)24-23-25(16(2)15-30-23)22(26)11-9-17-8-10-20-21(14-17)29-13-12-28-20/h4-8,10,14,16H,3,9,11-13,15H2,1-2H3/t16-/m1/s1. The summed E-state index contributed by atoms with van der Waals surface area (Å²) in [5.41, 5.74) is 1.81. The maximum atomic E-state index is 13.1. The zero-order chi connectivity index (χ0) is 20.9. The molecule has 2 heterocycles. The van der Waals surface area contributed by atoms with Crippen molar-refractivity contribution in [3.05, 3.63) is 48.0 Å². The molecule has 0 bridgehead atoms. The Morgan fingerprint density at radius 3 is 2.83 bits per heavy atom. The van der Waals surface area contributed by atoms with Crippen molar-refractivity contribution in [3.8, 4) is 17.2 Å². The Morgan fingerprint density at radius 1 is 1.20 bits per heavy atom. The normalized spacial score (nSPS) is 19.2. The number of benzene rings is 2. The molecule has 0 spiro atoms. The van der Waals surface area contributed by atoms with Gasteiger partial charge in [0.25, 0.3) is 0 Å². The summed E-state index contributed by atoms with van der Waals surface area (Å²) >= 11 is 1.61. The molecule has 158 valence electrons. The fraction of sp³-hybridized carbons (Fsp3) is 0.391. The first-order chi connectivity index (χ1) is 14.7. The van der Waals surface area contributed by atoms with E-state index < -0.39 is 0 Å². The Balaban J connectivity index is 1.47. The molecule has 1 amide bonds. The number of para-hydroxylation sites is 2. The van der Waals surface area contributed by atoms with Crippen LogP contribution in [0.25, 0.3) is 0 Å². The van der Waals surface area contributed by atoms with Crippen molar-refractivity contribution in [2.45, 2.75) is 32.7 Å². The van der Waals surface area contributed by atoms with Gasteiger partial charge < -0.3 is 14.2 Å². The van der Waals surface area contributed by atoms with Crippen LogP contribution in [0, 0.1) is 0 Å². The van der Waals surface area contributed by atoms with Gasteiger partial charge in [0.1, 0.15) is 24.7 Å². The Morgan fingerprint density at radius 2 is 2.00 bits per heavy atom. The number of nitrogens with zero attached hydrogens (tertiary/aromatic N) is 2. The summed E-state index contributed by atoms with van der Waals surface area (Å²) in [6, 6.07) is 13.7. The van der Waals surface area contributed by atoms with Gasteiger partial charge >= 0.3 is 0 Å². The van der Waals surface area contributed by atoms with Crippen molar-refractivity contribution in [2.75, 3.05) is 25.6 Å². The molecule has 7 heteroatoms. The summed E-state index contributed by atoms with van der Waals surface area (Å²) < 4.78 is 16.9. The van der Waals surface area contributed by atoms with Crippen LogP contribution >= 0.6 is 11.8 Å². The number of hydrogen-bond acceptors (Lipinski definition) is 6. The van der Waals surface area contributed by atoms with Crippen LogP contribution in [0.4, 0.5) is 5.69 Å². The second kappa shape index (κ2) is 9.43. The first-order valence-electron chi connectivity index (χ1n) is 10.3. The molecule has 30 heavy (non-hydrogen) atoms. The third kappa shape index (κ3) is 4.56. The molecule has 0 radical (unpaired) electrons. The Hall–Kier alpha value is -2.67. The monoisotopic (exact) mass is 426 g/mol. The Labute approximate surface area is 181 Å². The van der Waals surface area contributed by atoms with E-state index in [9.17, 15) is 4.79 Å². The van der Waals surface area contributed by atoms with Gasteiger partial charge in [-0.05, 0) is 50.1 Å². The first-order valence-corrected chi connectivity index (χ1v) is 11.3. The van der Waals surface area contributed by atoms with Crippen LogP contribution in [0.3, 0.4) is 0 Å². The van der Waals surface area contributed by atoms with E-state index in [2.05, 4.69) is 6.92 Å². The molecule has 2 aromatic rings. The van der Waals surface area contributed by atoms with Crippen molar-refractivity contribution in [1.82, 2.24) is 4.90 Å². The second-order valence-corrected chi connectivity index (χ2v) is 8.18. The lowest BCUT2D eigenvalue weighted by molar-refractivity contribution is -0.128. The number of ether oxygens (including phenoxy) is 3. The fourth-order valence-electron chi connectivity index (χ4n) is 3.51. The molecule has 2 aliphatic heterocycles. The number of hydrogen-bond donors (Lipinski definition) is 0. The highest BCUT2D eigenvalue weighted by Gasteiger charge is 2.32. The molecular weight excluding hydrogens is 400 g/mol. The molecule has 0 saturated carbocycles. The van der Waals surface area contributed by atoms with Crippen molar-refractivity contribution >= 4 is 28.5 Å². The average Bonchev–Trinajstić information content (AvgIpc) is 3.13. The highest BCUT2D eigenvalue weighted by Crippen LogP contribution is 2.33. The molecule has 0 unspecified atom stereocenters. The maximum Gasteiger partial charge on any atom is 0.229 e. The lowest BCUT2D eigenvalue weighted by atomic mass is 10.1. The van der Waals surface area contributed by atoms with E-state index in [0.29, 0.717) is 32.7 Å². The lowest BCUT2D eigenvalue weighted by Crippen LogP contribution is -2.37. The molecule has 6 nitrogen and oxygen atoms in total. The SMILES string of the molecule is CCOc1ccccc1N=C1SC[C@@H](C)N1C(=O)CCc1ccc2c(c1)OCCO2. The van der Waals surface area contributed by atoms with E-state index in [0.717, 1.165) is 39.4 Å². The molecule has 0 aliphatic carbocycles. The molecular formula is C23H26N2O4S. The molecule has 1 saturated heterocycles. The van der Waals surface area contributed by atoms with E-state index in [4.69, 9.17) is 19.2 Å². The number of amidine groups is 1. The van der Waals surface area contributed by atoms with Gasteiger partial charge in [-0.25, -0.2) is 4.99 Å². The highest BCUT2D eigenvalue weighted by atomic mass is 32.2. The minimum Gasteiger partial charge on any atom is -0.492 e. The lowest BCUT2D eigenvalue weighted by Gasteiger charge is -2.22. The molecule has 1 fully saturated rings. The molecule has 1 atom stereocenters.